The first-order valence-corrected chi connectivity index (χ1v) is 7.40. The van der Waals surface area contributed by atoms with Gasteiger partial charge in [-0.3, -0.25) is 4.79 Å². The van der Waals surface area contributed by atoms with Crippen molar-refractivity contribution >= 4 is 45.7 Å². The fourth-order valence-corrected chi connectivity index (χ4v) is 2.40. The van der Waals surface area contributed by atoms with E-state index in [1.807, 2.05) is 26.8 Å². The molecular formula is C14H18Cl3NO. The van der Waals surface area contributed by atoms with Crippen LogP contribution in [0.5, 0.6) is 0 Å². The number of aryl methyl sites for hydroxylation is 1. The van der Waals surface area contributed by atoms with Crippen LogP contribution in [0.2, 0.25) is 0 Å². The summed E-state index contributed by atoms with van der Waals surface area (Å²) in [6.45, 7) is 7.18. The predicted octanol–water partition coefficient (Wildman–Crippen LogP) is 4.44. The molecule has 1 aromatic carbocycles. The Morgan fingerprint density at radius 2 is 1.74 bits per heavy atom. The van der Waals surface area contributed by atoms with E-state index in [4.69, 9.17) is 34.8 Å². The maximum Gasteiger partial charge on any atom is 0.252 e. The molecule has 0 N–H and O–H groups in total. The smallest absolute Gasteiger partial charge is 0.252 e. The summed E-state index contributed by atoms with van der Waals surface area (Å²) in [6, 6.07) is 5.40. The van der Waals surface area contributed by atoms with E-state index in [-0.39, 0.29) is 10.8 Å². The average molecular weight is 323 g/mol. The quantitative estimate of drug-likeness (QED) is 0.570. The highest BCUT2D eigenvalue weighted by Gasteiger charge is 2.15. The SMILES string of the molecule is Cc1ccc(C(=O)Cl)cc1N(CC(C)Cl)CC(C)Cl. The van der Waals surface area contributed by atoms with E-state index in [0.29, 0.717) is 18.7 Å². The van der Waals surface area contributed by atoms with Crippen molar-refractivity contribution in [2.75, 3.05) is 18.0 Å². The van der Waals surface area contributed by atoms with Gasteiger partial charge in [0, 0.05) is 35.1 Å². The Kier molecular flexibility index (Phi) is 6.45. The number of halogens is 3. The second kappa shape index (κ2) is 7.37. The largest absolute Gasteiger partial charge is 0.368 e. The van der Waals surface area contributed by atoms with Crippen molar-refractivity contribution in [3.63, 3.8) is 0 Å². The van der Waals surface area contributed by atoms with Crippen LogP contribution in [-0.2, 0) is 0 Å². The summed E-state index contributed by atoms with van der Waals surface area (Å²) in [5, 5.41) is -0.477. The molecule has 0 aliphatic carbocycles. The van der Waals surface area contributed by atoms with Crippen molar-refractivity contribution in [2.45, 2.75) is 31.5 Å². The Morgan fingerprint density at radius 3 is 2.16 bits per heavy atom. The van der Waals surface area contributed by atoms with Crippen LogP contribution < -0.4 is 4.90 Å². The van der Waals surface area contributed by atoms with Gasteiger partial charge in [-0.05, 0) is 50.1 Å². The molecule has 2 nitrogen and oxygen atoms in total. The molecule has 0 aliphatic rings. The topological polar surface area (TPSA) is 20.3 Å². The third kappa shape index (κ3) is 5.21. The van der Waals surface area contributed by atoms with Gasteiger partial charge in [0.05, 0.1) is 0 Å². The number of rotatable bonds is 6. The van der Waals surface area contributed by atoms with Crippen LogP contribution >= 0.6 is 34.8 Å². The van der Waals surface area contributed by atoms with E-state index in [0.717, 1.165) is 11.3 Å². The van der Waals surface area contributed by atoms with Gasteiger partial charge in [0.15, 0.2) is 0 Å². The molecule has 0 spiro atoms. The van der Waals surface area contributed by atoms with E-state index in [1.165, 1.54) is 0 Å². The summed E-state index contributed by atoms with van der Waals surface area (Å²) in [7, 11) is 0. The zero-order valence-corrected chi connectivity index (χ0v) is 13.6. The number of hydrogen-bond acceptors (Lipinski definition) is 2. The maximum atomic E-state index is 11.3. The standard InChI is InChI=1S/C14H18Cl3NO/c1-9-4-5-12(14(17)19)6-13(9)18(7-10(2)15)8-11(3)16/h4-6,10-11H,7-8H2,1-3H3. The van der Waals surface area contributed by atoms with Crippen molar-refractivity contribution in [1.29, 1.82) is 0 Å². The monoisotopic (exact) mass is 321 g/mol. The molecule has 1 rings (SSSR count). The average Bonchev–Trinajstić information content (AvgIpc) is 2.27. The van der Waals surface area contributed by atoms with Gasteiger partial charge < -0.3 is 4.90 Å². The summed E-state index contributed by atoms with van der Waals surface area (Å²) in [5.41, 5.74) is 2.50. The number of carbonyl (C=O) groups excluding carboxylic acids is 1. The Morgan fingerprint density at radius 1 is 1.21 bits per heavy atom. The van der Waals surface area contributed by atoms with Crippen LogP contribution in [0.1, 0.15) is 29.8 Å². The molecule has 5 heteroatoms. The summed E-state index contributed by atoms with van der Waals surface area (Å²) in [6.07, 6.45) is 0. The minimum atomic E-state index is -0.459. The minimum absolute atomic E-state index is 0.00910. The summed E-state index contributed by atoms with van der Waals surface area (Å²) in [4.78, 5) is 13.4. The number of alkyl halides is 2. The third-order valence-corrected chi connectivity index (χ3v) is 3.21. The van der Waals surface area contributed by atoms with Crippen molar-refractivity contribution < 1.29 is 4.79 Å². The molecule has 0 saturated heterocycles. The molecule has 0 amide bonds. The first-order valence-electron chi connectivity index (χ1n) is 6.14. The van der Waals surface area contributed by atoms with Crippen molar-refractivity contribution in [3.8, 4) is 0 Å². The van der Waals surface area contributed by atoms with E-state index in [1.54, 1.807) is 12.1 Å². The fraction of sp³-hybridized carbons (Fsp3) is 0.500. The van der Waals surface area contributed by atoms with Crippen LogP contribution in [0.15, 0.2) is 18.2 Å². The Labute approximate surface area is 129 Å². The zero-order chi connectivity index (χ0) is 14.6. The van der Waals surface area contributed by atoms with Gasteiger partial charge in [-0.2, -0.15) is 0 Å². The van der Waals surface area contributed by atoms with Crippen LogP contribution in [-0.4, -0.2) is 29.1 Å². The molecule has 0 fully saturated rings. The van der Waals surface area contributed by atoms with Crippen LogP contribution in [0, 0.1) is 6.92 Å². The zero-order valence-electron chi connectivity index (χ0n) is 11.3. The molecule has 2 atom stereocenters. The van der Waals surface area contributed by atoms with Crippen LogP contribution in [0.4, 0.5) is 5.69 Å². The number of anilines is 1. The van der Waals surface area contributed by atoms with Crippen LogP contribution in [0.3, 0.4) is 0 Å². The summed E-state index contributed by atoms with van der Waals surface area (Å²) in [5.74, 6) is 0. The molecule has 0 saturated carbocycles. The van der Waals surface area contributed by atoms with Gasteiger partial charge in [-0.1, -0.05) is 6.07 Å². The van der Waals surface area contributed by atoms with Gasteiger partial charge in [0.2, 0.25) is 0 Å². The molecule has 106 valence electrons. The summed E-state index contributed by atoms with van der Waals surface area (Å²) < 4.78 is 0. The van der Waals surface area contributed by atoms with E-state index < -0.39 is 5.24 Å². The molecule has 0 bridgehead atoms. The Bertz CT molecular complexity index is 436. The van der Waals surface area contributed by atoms with Gasteiger partial charge in [-0.25, -0.2) is 0 Å². The Balaban J connectivity index is 3.12. The number of nitrogens with zero attached hydrogens (tertiary/aromatic N) is 1. The van der Waals surface area contributed by atoms with Gasteiger partial charge in [0.1, 0.15) is 0 Å². The summed E-state index contributed by atoms with van der Waals surface area (Å²) >= 11 is 17.7. The minimum Gasteiger partial charge on any atom is -0.368 e. The Hall–Kier alpha value is -0.440. The lowest BCUT2D eigenvalue weighted by Gasteiger charge is -2.29. The lowest BCUT2D eigenvalue weighted by molar-refractivity contribution is 0.108. The van der Waals surface area contributed by atoms with Crippen molar-refractivity contribution in [3.05, 3.63) is 29.3 Å². The second-order valence-electron chi connectivity index (χ2n) is 4.74. The first kappa shape index (κ1) is 16.6. The van der Waals surface area contributed by atoms with Gasteiger partial charge in [-0.15, -0.1) is 23.2 Å². The molecule has 19 heavy (non-hydrogen) atoms. The molecule has 2 unspecified atom stereocenters. The lowest BCUT2D eigenvalue weighted by Crippen LogP contribution is -2.34. The van der Waals surface area contributed by atoms with Gasteiger partial charge >= 0.3 is 0 Å². The molecule has 1 aromatic rings. The first-order chi connectivity index (χ1) is 8.81. The van der Waals surface area contributed by atoms with E-state index >= 15 is 0 Å². The molecule has 0 heterocycles. The van der Waals surface area contributed by atoms with Crippen LogP contribution in [0.25, 0.3) is 0 Å². The normalized spacial score (nSPS) is 14.0. The van der Waals surface area contributed by atoms with Crippen molar-refractivity contribution in [2.24, 2.45) is 0 Å². The number of benzene rings is 1. The highest BCUT2D eigenvalue weighted by Crippen LogP contribution is 2.24. The molecule has 0 aliphatic heterocycles. The number of hydrogen-bond donors (Lipinski definition) is 0. The fourth-order valence-electron chi connectivity index (χ4n) is 1.95. The highest BCUT2D eigenvalue weighted by atomic mass is 35.5. The molecule has 0 radical (unpaired) electrons. The highest BCUT2D eigenvalue weighted by molar-refractivity contribution is 6.67. The lowest BCUT2D eigenvalue weighted by atomic mass is 10.1. The second-order valence-corrected chi connectivity index (χ2v) is 6.57. The third-order valence-electron chi connectivity index (χ3n) is 2.72. The maximum absolute atomic E-state index is 11.3. The molecular weight excluding hydrogens is 305 g/mol. The van der Waals surface area contributed by atoms with Crippen molar-refractivity contribution in [1.82, 2.24) is 0 Å². The van der Waals surface area contributed by atoms with E-state index in [2.05, 4.69) is 4.90 Å². The predicted molar refractivity (Wildman–Crippen MR) is 84.2 cm³/mol. The van der Waals surface area contributed by atoms with E-state index in [9.17, 15) is 4.79 Å². The number of carbonyl (C=O) groups is 1. The van der Waals surface area contributed by atoms with Gasteiger partial charge in [0.25, 0.3) is 5.24 Å². The molecule has 0 aromatic heterocycles.